The molecule has 2 N–H and O–H groups in total. The first-order valence-electron chi connectivity index (χ1n) is 5.11. The third-order valence-corrected chi connectivity index (χ3v) is 2.10. The maximum atomic E-state index is 10.8. The van der Waals surface area contributed by atoms with E-state index in [1.807, 2.05) is 26.0 Å². The van der Waals surface area contributed by atoms with Crippen LogP contribution in [0.3, 0.4) is 0 Å². The Labute approximate surface area is 90.1 Å². The molecule has 0 aliphatic rings. The summed E-state index contributed by atoms with van der Waals surface area (Å²) >= 11 is 0. The average Bonchev–Trinajstić information content (AvgIpc) is 2.19. The molecule has 3 heteroatoms. The molecule has 0 heterocycles. The van der Waals surface area contributed by atoms with Crippen LogP contribution >= 0.6 is 0 Å². The lowest BCUT2D eigenvalue weighted by Gasteiger charge is -2.15. The quantitative estimate of drug-likeness (QED) is 0.719. The largest absolute Gasteiger partial charge is 0.508 e. The van der Waals surface area contributed by atoms with Crippen LogP contribution in [-0.2, 0) is 11.2 Å². The van der Waals surface area contributed by atoms with E-state index in [1.54, 1.807) is 12.1 Å². The second-order valence-corrected chi connectivity index (χ2v) is 3.93. The van der Waals surface area contributed by atoms with Gasteiger partial charge in [-0.2, -0.15) is 0 Å². The highest BCUT2D eigenvalue weighted by molar-refractivity contribution is 5.58. The van der Waals surface area contributed by atoms with E-state index in [9.17, 15) is 4.79 Å². The number of carbonyl (C=O) groups excluding carboxylic acids is 1. The van der Waals surface area contributed by atoms with Crippen molar-refractivity contribution >= 4 is 6.29 Å². The molecule has 0 aliphatic heterocycles. The molecule has 1 aromatic rings. The Kier molecular flexibility index (Phi) is 4.31. The molecule has 0 spiro atoms. The molecule has 0 saturated carbocycles. The molecule has 0 fully saturated rings. The standard InChI is InChI=1S/C12H17NO2/c1-9(2)13-11(8-14)7-10-3-5-12(15)6-4-10/h3-6,8-9,11,13,15H,7H2,1-2H3. The summed E-state index contributed by atoms with van der Waals surface area (Å²) in [6.07, 6.45) is 1.58. The van der Waals surface area contributed by atoms with Crippen molar-refractivity contribution in [2.45, 2.75) is 32.4 Å². The molecule has 1 rings (SSSR count). The van der Waals surface area contributed by atoms with Gasteiger partial charge in [0.05, 0.1) is 6.04 Å². The van der Waals surface area contributed by atoms with Gasteiger partial charge in [-0.1, -0.05) is 26.0 Å². The van der Waals surface area contributed by atoms with Gasteiger partial charge in [-0.25, -0.2) is 0 Å². The molecule has 82 valence electrons. The summed E-state index contributed by atoms with van der Waals surface area (Å²) in [4.78, 5) is 10.8. The van der Waals surface area contributed by atoms with E-state index in [0.717, 1.165) is 11.8 Å². The zero-order valence-corrected chi connectivity index (χ0v) is 9.10. The minimum atomic E-state index is -0.158. The van der Waals surface area contributed by atoms with Crippen LogP contribution in [-0.4, -0.2) is 23.5 Å². The summed E-state index contributed by atoms with van der Waals surface area (Å²) in [6.45, 7) is 4.01. The molecular weight excluding hydrogens is 190 g/mol. The summed E-state index contributed by atoms with van der Waals surface area (Å²) in [5.74, 6) is 0.248. The molecule has 0 bridgehead atoms. The molecule has 15 heavy (non-hydrogen) atoms. The van der Waals surface area contributed by atoms with Crippen molar-refractivity contribution in [2.75, 3.05) is 0 Å². The Morgan fingerprint density at radius 1 is 1.33 bits per heavy atom. The molecule has 0 amide bonds. The highest BCUT2D eigenvalue weighted by Gasteiger charge is 2.08. The second kappa shape index (κ2) is 5.51. The Morgan fingerprint density at radius 2 is 1.93 bits per heavy atom. The molecule has 3 nitrogen and oxygen atoms in total. The molecule has 0 radical (unpaired) electrons. The number of carbonyl (C=O) groups is 1. The first-order valence-corrected chi connectivity index (χ1v) is 5.11. The highest BCUT2D eigenvalue weighted by Crippen LogP contribution is 2.10. The minimum absolute atomic E-state index is 0.158. The van der Waals surface area contributed by atoms with E-state index in [-0.39, 0.29) is 17.8 Å². The monoisotopic (exact) mass is 207 g/mol. The highest BCUT2D eigenvalue weighted by atomic mass is 16.3. The van der Waals surface area contributed by atoms with E-state index >= 15 is 0 Å². The number of benzene rings is 1. The smallest absolute Gasteiger partial charge is 0.137 e. The fraction of sp³-hybridized carbons (Fsp3) is 0.417. The van der Waals surface area contributed by atoms with Crippen LogP contribution in [0.15, 0.2) is 24.3 Å². The number of phenolic OH excluding ortho intramolecular Hbond substituents is 1. The van der Waals surface area contributed by atoms with Crippen molar-refractivity contribution in [1.82, 2.24) is 5.32 Å². The zero-order chi connectivity index (χ0) is 11.3. The number of aromatic hydroxyl groups is 1. The predicted octanol–water partition coefficient (Wildman–Crippen LogP) is 1.50. The number of hydrogen-bond acceptors (Lipinski definition) is 3. The van der Waals surface area contributed by atoms with Crippen molar-refractivity contribution < 1.29 is 9.90 Å². The lowest BCUT2D eigenvalue weighted by atomic mass is 10.1. The minimum Gasteiger partial charge on any atom is -0.508 e. The van der Waals surface area contributed by atoms with E-state index in [1.165, 1.54) is 0 Å². The van der Waals surface area contributed by atoms with Crippen LogP contribution in [0, 0.1) is 0 Å². The summed E-state index contributed by atoms with van der Waals surface area (Å²) in [5.41, 5.74) is 1.04. The van der Waals surface area contributed by atoms with Gasteiger partial charge in [0.1, 0.15) is 12.0 Å². The van der Waals surface area contributed by atoms with Gasteiger partial charge in [0, 0.05) is 6.04 Å². The van der Waals surface area contributed by atoms with Gasteiger partial charge in [-0.3, -0.25) is 0 Å². The van der Waals surface area contributed by atoms with Crippen molar-refractivity contribution in [3.8, 4) is 5.75 Å². The Balaban J connectivity index is 2.58. The average molecular weight is 207 g/mol. The normalized spacial score (nSPS) is 12.7. The molecule has 0 aromatic heterocycles. The van der Waals surface area contributed by atoms with Crippen LogP contribution in [0.25, 0.3) is 0 Å². The fourth-order valence-corrected chi connectivity index (χ4v) is 1.46. The van der Waals surface area contributed by atoms with Crippen LogP contribution in [0.5, 0.6) is 5.75 Å². The summed E-state index contributed by atoms with van der Waals surface area (Å²) in [6, 6.07) is 7.05. The van der Waals surface area contributed by atoms with E-state index in [0.29, 0.717) is 6.42 Å². The molecule has 1 unspecified atom stereocenters. The maximum Gasteiger partial charge on any atom is 0.137 e. The van der Waals surface area contributed by atoms with Crippen LogP contribution in [0.2, 0.25) is 0 Å². The predicted molar refractivity (Wildman–Crippen MR) is 59.9 cm³/mol. The first-order chi connectivity index (χ1) is 7.11. The summed E-state index contributed by atoms with van der Waals surface area (Å²) in [5, 5.41) is 12.3. The first kappa shape index (κ1) is 11.7. The Bertz CT molecular complexity index is 306. The summed E-state index contributed by atoms with van der Waals surface area (Å²) < 4.78 is 0. The van der Waals surface area contributed by atoms with E-state index < -0.39 is 0 Å². The SMILES string of the molecule is CC(C)NC(C=O)Cc1ccc(O)cc1. The van der Waals surface area contributed by atoms with Gasteiger partial charge < -0.3 is 15.2 Å². The number of rotatable bonds is 5. The maximum absolute atomic E-state index is 10.8. The van der Waals surface area contributed by atoms with Crippen molar-refractivity contribution in [3.63, 3.8) is 0 Å². The molecule has 1 atom stereocenters. The lowest BCUT2D eigenvalue weighted by Crippen LogP contribution is -2.37. The topological polar surface area (TPSA) is 49.3 Å². The van der Waals surface area contributed by atoms with Crippen molar-refractivity contribution in [3.05, 3.63) is 29.8 Å². The number of nitrogens with one attached hydrogen (secondary N) is 1. The van der Waals surface area contributed by atoms with E-state index in [2.05, 4.69) is 5.32 Å². The lowest BCUT2D eigenvalue weighted by molar-refractivity contribution is -0.109. The van der Waals surface area contributed by atoms with E-state index in [4.69, 9.17) is 5.11 Å². The van der Waals surface area contributed by atoms with Gasteiger partial charge >= 0.3 is 0 Å². The molecule has 0 saturated heterocycles. The number of phenols is 1. The van der Waals surface area contributed by atoms with Crippen molar-refractivity contribution in [1.29, 1.82) is 0 Å². The van der Waals surface area contributed by atoms with Crippen LogP contribution in [0.4, 0.5) is 0 Å². The van der Waals surface area contributed by atoms with Crippen molar-refractivity contribution in [2.24, 2.45) is 0 Å². The van der Waals surface area contributed by atoms with Gasteiger partial charge in [-0.15, -0.1) is 0 Å². The van der Waals surface area contributed by atoms with Gasteiger partial charge in [0.2, 0.25) is 0 Å². The number of aldehydes is 1. The van der Waals surface area contributed by atoms with Gasteiger partial charge in [0.15, 0.2) is 0 Å². The second-order valence-electron chi connectivity index (χ2n) is 3.93. The van der Waals surface area contributed by atoms with Crippen LogP contribution in [0.1, 0.15) is 19.4 Å². The van der Waals surface area contributed by atoms with Gasteiger partial charge in [-0.05, 0) is 24.1 Å². The molecule has 0 aliphatic carbocycles. The summed E-state index contributed by atoms with van der Waals surface area (Å²) in [7, 11) is 0. The Morgan fingerprint density at radius 3 is 2.40 bits per heavy atom. The Hall–Kier alpha value is -1.35. The molecule has 1 aromatic carbocycles. The fourth-order valence-electron chi connectivity index (χ4n) is 1.46. The van der Waals surface area contributed by atoms with Gasteiger partial charge in [0.25, 0.3) is 0 Å². The third-order valence-electron chi connectivity index (χ3n) is 2.10. The zero-order valence-electron chi connectivity index (χ0n) is 9.10. The van der Waals surface area contributed by atoms with Crippen LogP contribution < -0.4 is 5.32 Å². The molecular formula is C12H17NO2. The number of hydrogen-bond donors (Lipinski definition) is 2. The third kappa shape index (κ3) is 4.13.